The number of hydrogen-bond donors (Lipinski definition) is 1. The van der Waals surface area contributed by atoms with Crippen LogP contribution in [0.3, 0.4) is 0 Å². The van der Waals surface area contributed by atoms with Crippen LogP contribution in [0.2, 0.25) is 0 Å². The maximum atomic E-state index is 11.9. The van der Waals surface area contributed by atoms with E-state index < -0.39 is 0 Å². The first-order valence-corrected chi connectivity index (χ1v) is 6.62. The Labute approximate surface area is 119 Å². The summed E-state index contributed by atoms with van der Waals surface area (Å²) in [6.07, 6.45) is 0. The van der Waals surface area contributed by atoms with Gasteiger partial charge >= 0.3 is 0 Å². The second-order valence-electron chi connectivity index (χ2n) is 4.90. The summed E-state index contributed by atoms with van der Waals surface area (Å²) in [5.41, 5.74) is 4.22. The lowest BCUT2D eigenvalue weighted by Gasteiger charge is -2.10. The first kappa shape index (κ1) is 14.1. The summed E-state index contributed by atoms with van der Waals surface area (Å²) in [5.74, 6) is 0.561. The van der Waals surface area contributed by atoms with Gasteiger partial charge in [-0.2, -0.15) is 0 Å². The number of anilines is 1. The van der Waals surface area contributed by atoms with Crippen LogP contribution in [0.4, 0.5) is 5.69 Å². The van der Waals surface area contributed by atoms with Gasteiger partial charge in [0.2, 0.25) is 0 Å². The number of amides is 1. The molecule has 1 N–H and O–H groups in total. The van der Waals surface area contributed by atoms with Crippen LogP contribution in [0.5, 0.6) is 5.75 Å². The Kier molecular flexibility index (Phi) is 4.41. The van der Waals surface area contributed by atoms with E-state index in [0.717, 1.165) is 16.8 Å². The van der Waals surface area contributed by atoms with E-state index >= 15 is 0 Å². The standard InChI is InChI=1S/C17H19NO2/c1-12-8-9-15(10-14(12)3)20-11-17(19)18-16-7-5-4-6-13(16)2/h4-10H,11H2,1-3H3,(H,18,19). The van der Waals surface area contributed by atoms with Crippen molar-refractivity contribution in [2.24, 2.45) is 0 Å². The number of carbonyl (C=O) groups is 1. The molecule has 104 valence electrons. The molecule has 0 aliphatic carbocycles. The highest BCUT2D eigenvalue weighted by atomic mass is 16.5. The van der Waals surface area contributed by atoms with Crippen LogP contribution in [0.15, 0.2) is 42.5 Å². The zero-order valence-corrected chi connectivity index (χ0v) is 12.1. The Morgan fingerprint density at radius 2 is 1.75 bits per heavy atom. The summed E-state index contributed by atoms with van der Waals surface area (Å²) >= 11 is 0. The molecule has 0 heterocycles. The maximum absolute atomic E-state index is 11.9. The van der Waals surface area contributed by atoms with Crippen molar-refractivity contribution in [2.75, 3.05) is 11.9 Å². The van der Waals surface area contributed by atoms with Crippen molar-refractivity contribution in [2.45, 2.75) is 20.8 Å². The summed E-state index contributed by atoms with van der Waals surface area (Å²) in [6, 6.07) is 13.5. The van der Waals surface area contributed by atoms with Gasteiger partial charge in [-0.1, -0.05) is 24.3 Å². The third-order valence-electron chi connectivity index (χ3n) is 3.27. The molecule has 1 amide bonds. The normalized spacial score (nSPS) is 10.2. The molecular weight excluding hydrogens is 250 g/mol. The third-order valence-corrected chi connectivity index (χ3v) is 3.27. The molecule has 2 aromatic rings. The maximum Gasteiger partial charge on any atom is 0.262 e. The molecule has 0 bridgehead atoms. The number of nitrogens with one attached hydrogen (secondary N) is 1. The van der Waals surface area contributed by atoms with Crippen molar-refractivity contribution in [3.05, 3.63) is 59.2 Å². The number of aryl methyl sites for hydroxylation is 3. The molecule has 2 aromatic carbocycles. The van der Waals surface area contributed by atoms with Crippen LogP contribution in [-0.4, -0.2) is 12.5 Å². The molecule has 2 rings (SSSR count). The molecule has 3 heteroatoms. The molecule has 20 heavy (non-hydrogen) atoms. The second kappa shape index (κ2) is 6.24. The van der Waals surface area contributed by atoms with Gasteiger partial charge < -0.3 is 10.1 Å². The van der Waals surface area contributed by atoms with Crippen molar-refractivity contribution < 1.29 is 9.53 Å². The Morgan fingerprint density at radius 3 is 2.45 bits per heavy atom. The number of rotatable bonds is 4. The highest BCUT2D eigenvalue weighted by molar-refractivity contribution is 5.92. The van der Waals surface area contributed by atoms with Gasteiger partial charge in [-0.3, -0.25) is 4.79 Å². The molecule has 3 nitrogen and oxygen atoms in total. The second-order valence-corrected chi connectivity index (χ2v) is 4.90. The predicted octanol–water partition coefficient (Wildman–Crippen LogP) is 3.63. The van der Waals surface area contributed by atoms with Gasteiger partial charge in [0.1, 0.15) is 5.75 Å². The predicted molar refractivity (Wildman–Crippen MR) is 81.2 cm³/mol. The van der Waals surface area contributed by atoms with E-state index in [0.29, 0.717) is 5.75 Å². The number of carbonyl (C=O) groups excluding carboxylic acids is 1. The Hall–Kier alpha value is -2.29. The number of benzene rings is 2. The largest absolute Gasteiger partial charge is 0.484 e. The minimum atomic E-state index is -0.155. The summed E-state index contributed by atoms with van der Waals surface area (Å²) in [4.78, 5) is 11.9. The Bertz CT molecular complexity index is 620. The fourth-order valence-corrected chi connectivity index (χ4v) is 1.85. The van der Waals surface area contributed by atoms with Gasteiger partial charge in [0.25, 0.3) is 5.91 Å². The van der Waals surface area contributed by atoms with E-state index in [1.165, 1.54) is 5.56 Å². The Balaban J connectivity index is 1.92. The van der Waals surface area contributed by atoms with Crippen LogP contribution >= 0.6 is 0 Å². The fourth-order valence-electron chi connectivity index (χ4n) is 1.85. The van der Waals surface area contributed by atoms with Gasteiger partial charge in [-0.25, -0.2) is 0 Å². The monoisotopic (exact) mass is 269 g/mol. The topological polar surface area (TPSA) is 38.3 Å². The van der Waals surface area contributed by atoms with Gasteiger partial charge in [-0.05, 0) is 55.7 Å². The van der Waals surface area contributed by atoms with E-state index in [9.17, 15) is 4.79 Å². The van der Waals surface area contributed by atoms with Crippen molar-refractivity contribution in [1.29, 1.82) is 0 Å². The lowest BCUT2D eigenvalue weighted by Crippen LogP contribution is -2.20. The molecule has 0 aliphatic rings. The quantitative estimate of drug-likeness (QED) is 0.920. The lowest BCUT2D eigenvalue weighted by atomic mass is 10.1. The average molecular weight is 269 g/mol. The molecule has 0 saturated heterocycles. The van der Waals surface area contributed by atoms with Crippen molar-refractivity contribution >= 4 is 11.6 Å². The molecule has 0 fully saturated rings. The summed E-state index contributed by atoms with van der Waals surface area (Å²) in [5, 5.41) is 2.84. The minimum Gasteiger partial charge on any atom is -0.484 e. The van der Waals surface area contributed by atoms with Gasteiger partial charge in [0, 0.05) is 5.69 Å². The van der Waals surface area contributed by atoms with E-state index in [4.69, 9.17) is 4.74 Å². The van der Waals surface area contributed by atoms with E-state index in [1.54, 1.807) is 0 Å². The number of ether oxygens (including phenoxy) is 1. The molecule has 0 atom stereocenters. The molecule has 0 radical (unpaired) electrons. The lowest BCUT2D eigenvalue weighted by molar-refractivity contribution is -0.118. The van der Waals surface area contributed by atoms with Crippen LogP contribution < -0.4 is 10.1 Å². The highest BCUT2D eigenvalue weighted by Crippen LogP contribution is 2.17. The van der Waals surface area contributed by atoms with Crippen molar-refractivity contribution in [1.82, 2.24) is 0 Å². The molecule has 0 unspecified atom stereocenters. The minimum absolute atomic E-state index is 0.0107. The highest BCUT2D eigenvalue weighted by Gasteiger charge is 2.05. The molecule has 0 aliphatic heterocycles. The molecule has 0 aromatic heterocycles. The molecule has 0 saturated carbocycles. The molecule has 0 spiro atoms. The van der Waals surface area contributed by atoms with Crippen molar-refractivity contribution in [3.8, 4) is 5.75 Å². The number of hydrogen-bond acceptors (Lipinski definition) is 2. The van der Waals surface area contributed by atoms with E-state index in [-0.39, 0.29) is 12.5 Å². The van der Waals surface area contributed by atoms with Crippen LogP contribution in [0.1, 0.15) is 16.7 Å². The zero-order chi connectivity index (χ0) is 14.5. The van der Waals surface area contributed by atoms with Crippen LogP contribution in [0, 0.1) is 20.8 Å². The summed E-state index contributed by atoms with van der Waals surface area (Å²) in [6.45, 7) is 6.04. The van der Waals surface area contributed by atoms with E-state index in [1.807, 2.05) is 63.2 Å². The first-order chi connectivity index (χ1) is 9.56. The van der Waals surface area contributed by atoms with Crippen molar-refractivity contribution in [3.63, 3.8) is 0 Å². The van der Waals surface area contributed by atoms with E-state index in [2.05, 4.69) is 5.32 Å². The first-order valence-electron chi connectivity index (χ1n) is 6.62. The smallest absolute Gasteiger partial charge is 0.262 e. The third kappa shape index (κ3) is 3.60. The van der Waals surface area contributed by atoms with Gasteiger partial charge in [0.05, 0.1) is 0 Å². The summed E-state index contributed by atoms with van der Waals surface area (Å²) in [7, 11) is 0. The van der Waals surface area contributed by atoms with Gasteiger partial charge in [0.15, 0.2) is 6.61 Å². The SMILES string of the molecule is Cc1ccc(OCC(=O)Nc2ccccc2C)cc1C. The summed E-state index contributed by atoms with van der Waals surface area (Å²) < 4.78 is 5.50. The Morgan fingerprint density at radius 1 is 1.00 bits per heavy atom. The number of para-hydroxylation sites is 1. The molecular formula is C17H19NO2. The fraction of sp³-hybridized carbons (Fsp3) is 0.235. The average Bonchev–Trinajstić information content (AvgIpc) is 2.43. The van der Waals surface area contributed by atoms with Crippen LogP contribution in [-0.2, 0) is 4.79 Å². The van der Waals surface area contributed by atoms with Crippen LogP contribution in [0.25, 0.3) is 0 Å². The van der Waals surface area contributed by atoms with Gasteiger partial charge in [-0.15, -0.1) is 0 Å². The zero-order valence-electron chi connectivity index (χ0n) is 12.1.